The Bertz CT molecular complexity index is 1380. The molecule has 2 aliphatic rings. The maximum atomic E-state index is 13.2. The van der Waals surface area contributed by atoms with Crippen LogP contribution < -0.4 is 11.1 Å². The van der Waals surface area contributed by atoms with Gasteiger partial charge in [0, 0.05) is 39.2 Å². The van der Waals surface area contributed by atoms with Crippen LogP contribution in [0.15, 0.2) is 40.0 Å². The predicted octanol–water partition coefficient (Wildman–Crippen LogP) is 2.25. The Kier molecular flexibility index (Phi) is 8.45. The summed E-state index contributed by atoms with van der Waals surface area (Å²) in [5.41, 5.74) is 6.13. The molecule has 4 rings (SSSR count). The topological polar surface area (TPSA) is 174 Å². The zero-order chi connectivity index (χ0) is 27.6. The number of carboxylic acids is 1. The Morgan fingerprint density at radius 2 is 2.08 bits per heavy atom. The second kappa shape index (κ2) is 11.6. The van der Waals surface area contributed by atoms with E-state index in [4.69, 9.17) is 38.5 Å². The Morgan fingerprint density at radius 3 is 2.74 bits per heavy atom. The van der Waals surface area contributed by atoms with Crippen molar-refractivity contribution in [3.63, 3.8) is 0 Å². The lowest BCUT2D eigenvalue weighted by atomic mass is 10.0. The number of carbonyl (C=O) groups is 4. The van der Waals surface area contributed by atoms with Crippen LogP contribution in [0.5, 0.6) is 0 Å². The molecule has 1 aromatic heterocycles. The van der Waals surface area contributed by atoms with E-state index in [1.165, 1.54) is 24.1 Å². The number of β-lactam (4-membered cyclic amide) rings is 1. The molecular weight excluding hydrogens is 581 g/mol. The third-order valence-corrected chi connectivity index (χ3v) is 7.97. The molecule has 3 heterocycles. The van der Waals surface area contributed by atoms with Crippen LogP contribution in [0.4, 0.5) is 5.13 Å². The average molecular weight is 600 g/mol. The number of aliphatic carboxylic acids is 1. The van der Waals surface area contributed by atoms with Gasteiger partial charge < -0.3 is 25.7 Å². The van der Waals surface area contributed by atoms with Crippen LogP contribution >= 0.6 is 46.3 Å². The highest BCUT2D eigenvalue weighted by atomic mass is 35.5. The number of fused-ring (bicyclic) bond motifs is 1. The first-order valence-corrected chi connectivity index (χ1v) is 13.4. The highest BCUT2D eigenvalue weighted by Crippen LogP contribution is 2.40. The number of nitrogen functional groups attached to an aromatic ring is 1. The number of thiazole rings is 1. The number of anilines is 1. The lowest BCUT2D eigenvalue weighted by molar-refractivity contribution is -0.150. The minimum absolute atomic E-state index is 0.109. The molecule has 12 nitrogen and oxygen atoms in total. The monoisotopic (exact) mass is 599 g/mol. The number of esters is 1. The van der Waals surface area contributed by atoms with Gasteiger partial charge in [0.25, 0.3) is 11.8 Å². The van der Waals surface area contributed by atoms with E-state index in [1.54, 1.807) is 18.2 Å². The second-order valence-corrected chi connectivity index (χ2v) is 10.8. The number of nitrogens with one attached hydrogen (secondary N) is 1. The Morgan fingerprint density at radius 1 is 1.32 bits per heavy atom. The molecule has 0 unspecified atom stereocenters. The summed E-state index contributed by atoms with van der Waals surface area (Å²) < 4.78 is 4.92. The number of aromatic nitrogens is 1. The molecule has 2 aliphatic heterocycles. The summed E-state index contributed by atoms with van der Waals surface area (Å²) >= 11 is 14.4. The van der Waals surface area contributed by atoms with Crippen molar-refractivity contribution in [3.05, 3.63) is 56.2 Å². The largest absolute Gasteiger partial charge is 0.477 e. The summed E-state index contributed by atoms with van der Waals surface area (Å²) in [4.78, 5) is 59.6. The van der Waals surface area contributed by atoms with Gasteiger partial charge in [0.05, 0.1) is 0 Å². The first-order valence-electron chi connectivity index (χ1n) is 10.8. The van der Waals surface area contributed by atoms with Crippen LogP contribution in [-0.2, 0) is 35.4 Å². The number of rotatable bonds is 9. The summed E-state index contributed by atoms with van der Waals surface area (Å²) in [6, 6.07) is 3.75. The third-order valence-electron chi connectivity index (χ3n) is 5.35. The molecule has 1 saturated heterocycles. The number of carbonyl (C=O) groups excluding carboxylic acids is 3. The van der Waals surface area contributed by atoms with Crippen molar-refractivity contribution in [2.24, 2.45) is 5.16 Å². The fourth-order valence-corrected chi connectivity index (χ4v) is 5.86. The molecule has 0 radical (unpaired) electrons. The maximum absolute atomic E-state index is 13.2. The molecule has 16 heteroatoms. The van der Waals surface area contributed by atoms with Gasteiger partial charge >= 0.3 is 11.9 Å². The molecule has 0 aliphatic carbocycles. The fourth-order valence-electron chi connectivity index (χ4n) is 3.61. The van der Waals surface area contributed by atoms with Gasteiger partial charge in [0.15, 0.2) is 10.8 Å². The van der Waals surface area contributed by atoms with Gasteiger partial charge in [0.2, 0.25) is 0 Å². The van der Waals surface area contributed by atoms with Gasteiger partial charge in [-0.25, -0.2) is 9.78 Å². The number of halogens is 2. The van der Waals surface area contributed by atoms with Crippen LogP contribution in [0.2, 0.25) is 10.0 Å². The van der Waals surface area contributed by atoms with Crippen molar-refractivity contribution in [2.45, 2.75) is 24.9 Å². The summed E-state index contributed by atoms with van der Waals surface area (Å²) in [6.45, 7) is 0.832. The molecule has 38 heavy (non-hydrogen) atoms. The van der Waals surface area contributed by atoms with Crippen LogP contribution in [0.3, 0.4) is 0 Å². The summed E-state index contributed by atoms with van der Waals surface area (Å²) in [5, 5.41) is 18.0. The molecule has 4 N–H and O–H groups in total. The number of hydrogen-bond donors (Lipinski definition) is 3. The van der Waals surface area contributed by atoms with Crippen LogP contribution in [0.1, 0.15) is 18.2 Å². The zero-order valence-electron chi connectivity index (χ0n) is 19.5. The molecule has 2 aromatic rings. The summed E-state index contributed by atoms with van der Waals surface area (Å²) in [5.74, 6) is -3.16. The maximum Gasteiger partial charge on any atom is 0.352 e. The lowest BCUT2D eigenvalue weighted by Crippen LogP contribution is -2.71. The number of oxime groups is 1. The van der Waals surface area contributed by atoms with Gasteiger partial charge in [-0.2, -0.15) is 0 Å². The fraction of sp³-hybridized carbons (Fsp3) is 0.273. The highest BCUT2D eigenvalue weighted by Gasteiger charge is 2.54. The number of carboxylic acid groups (broad SMARTS) is 1. The number of benzene rings is 1. The number of nitrogens with zero attached hydrogens (tertiary/aromatic N) is 3. The number of hydrogen-bond acceptors (Lipinski definition) is 11. The molecule has 1 fully saturated rings. The number of ether oxygens (including phenoxy) is 1. The van der Waals surface area contributed by atoms with Gasteiger partial charge in [0.1, 0.15) is 36.0 Å². The standard InChI is InChI=1S/C22H19Cl2N5O7S2/c1-9(30)35-5-11-7-37-20-16(19(32)29(20)17(11)21(33)34)27-18(31)15(14-8-38-22(25)26-14)28-36-6-10-4-12(23)2-3-13(10)24/h2-4,8,16,20H,5-7H2,1H3,(H2,25,26)(H,27,31)(H,33,34)/t16-,20+/m1/s1. The number of nitrogens with two attached hydrogens (primary N) is 1. The van der Waals surface area contributed by atoms with E-state index in [9.17, 15) is 24.3 Å². The van der Waals surface area contributed by atoms with Crippen LogP contribution in [0, 0.1) is 0 Å². The van der Waals surface area contributed by atoms with Crippen molar-refractivity contribution in [1.82, 2.24) is 15.2 Å². The van der Waals surface area contributed by atoms with E-state index in [1.807, 2.05) is 0 Å². The molecule has 200 valence electrons. The minimum atomic E-state index is -1.34. The Hall–Kier alpha value is -3.33. The van der Waals surface area contributed by atoms with Gasteiger partial charge in [-0.1, -0.05) is 28.4 Å². The average Bonchev–Trinajstić information content (AvgIpc) is 3.30. The Labute approximate surface area is 233 Å². The lowest BCUT2D eigenvalue weighted by Gasteiger charge is -2.49. The van der Waals surface area contributed by atoms with Gasteiger partial charge in [-0.3, -0.25) is 19.3 Å². The van der Waals surface area contributed by atoms with E-state index in [0.29, 0.717) is 15.6 Å². The van der Waals surface area contributed by atoms with E-state index in [-0.39, 0.29) is 46.8 Å². The van der Waals surface area contributed by atoms with Crippen molar-refractivity contribution in [2.75, 3.05) is 18.1 Å². The molecule has 2 atom stereocenters. The summed E-state index contributed by atoms with van der Waals surface area (Å²) in [6.07, 6.45) is 0. The van der Waals surface area contributed by atoms with E-state index in [2.05, 4.69) is 15.5 Å². The van der Waals surface area contributed by atoms with E-state index >= 15 is 0 Å². The first-order chi connectivity index (χ1) is 18.1. The number of thioether (sulfide) groups is 1. The van der Waals surface area contributed by atoms with E-state index in [0.717, 1.165) is 16.2 Å². The van der Waals surface area contributed by atoms with Gasteiger partial charge in [-0.05, 0) is 18.2 Å². The predicted molar refractivity (Wildman–Crippen MR) is 141 cm³/mol. The molecule has 1 aromatic carbocycles. The quantitative estimate of drug-likeness (QED) is 0.168. The van der Waals surface area contributed by atoms with E-state index < -0.39 is 35.2 Å². The van der Waals surface area contributed by atoms with Crippen molar-refractivity contribution < 1.29 is 33.9 Å². The van der Waals surface area contributed by atoms with Crippen molar-refractivity contribution in [3.8, 4) is 0 Å². The zero-order valence-corrected chi connectivity index (χ0v) is 22.6. The molecule has 0 saturated carbocycles. The van der Waals surface area contributed by atoms with Crippen molar-refractivity contribution in [1.29, 1.82) is 0 Å². The SMILES string of the molecule is CC(=O)OCC1=C(C(=O)O)N2C(=O)[C@@H](NC(=O)C(=NOCc3cc(Cl)ccc3Cl)c3csc(N)n3)[C@@H]2SC1. The minimum Gasteiger partial charge on any atom is -0.477 e. The molecule has 0 bridgehead atoms. The first kappa shape index (κ1) is 27.7. The van der Waals surface area contributed by atoms with Gasteiger partial charge in [-0.15, -0.1) is 23.1 Å². The molecule has 0 spiro atoms. The normalized spacial score (nSPS) is 19.0. The third kappa shape index (κ3) is 5.88. The van der Waals surface area contributed by atoms with Crippen molar-refractivity contribution >= 4 is 80.9 Å². The van der Waals surface area contributed by atoms with Crippen LogP contribution in [0.25, 0.3) is 0 Å². The Balaban J connectivity index is 1.51. The second-order valence-electron chi connectivity index (χ2n) is 7.92. The number of amides is 2. The molecule has 2 amide bonds. The molecular formula is C22H19Cl2N5O7S2. The highest BCUT2D eigenvalue weighted by molar-refractivity contribution is 8.00. The smallest absolute Gasteiger partial charge is 0.352 e. The summed E-state index contributed by atoms with van der Waals surface area (Å²) in [7, 11) is 0. The van der Waals surface area contributed by atoms with Crippen LogP contribution in [-0.4, -0.2) is 68.2 Å².